The third-order valence-corrected chi connectivity index (χ3v) is 6.74. The van der Waals surface area contributed by atoms with Gasteiger partial charge < -0.3 is 31.3 Å². The van der Waals surface area contributed by atoms with Gasteiger partial charge in [0.15, 0.2) is 5.69 Å². The Labute approximate surface area is 219 Å². The lowest BCUT2D eigenvalue weighted by atomic mass is 9.96. The zero-order chi connectivity index (χ0) is 26.8. The molecule has 1 aromatic carbocycles. The first-order valence-corrected chi connectivity index (χ1v) is 12.5. The molecule has 2 aromatic heterocycles. The van der Waals surface area contributed by atoms with Crippen LogP contribution in [0, 0.1) is 5.92 Å². The number of anilines is 4. The Morgan fingerprint density at radius 3 is 2.74 bits per heavy atom. The predicted octanol–water partition coefficient (Wildman–Crippen LogP) is 2.08. The van der Waals surface area contributed by atoms with E-state index in [2.05, 4.69) is 37.7 Å². The van der Waals surface area contributed by atoms with Gasteiger partial charge in [0.05, 0.1) is 35.3 Å². The molecule has 12 heteroatoms. The van der Waals surface area contributed by atoms with Gasteiger partial charge in [-0.15, -0.1) is 0 Å². The minimum atomic E-state index is -1.31. The first-order chi connectivity index (χ1) is 18.3. The Kier molecular flexibility index (Phi) is 6.97. The van der Waals surface area contributed by atoms with Crippen LogP contribution in [0.5, 0.6) is 0 Å². The van der Waals surface area contributed by atoms with Crippen molar-refractivity contribution in [3.05, 3.63) is 48.4 Å². The normalized spacial score (nSPS) is 19.7. The number of piperidine rings is 1. The topological polar surface area (TPSA) is 166 Å². The molecule has 0 bridgehead atoms. The van der Waals surface area contributed by atoms with E-state index in [0.717, 1.165) is 24.3 Å². The van der Waals surface area contributed by atoms with Crippen molar-refractivity contribution in [2.75, 3.05) is 53.2 Å². The molecule has 6 N–H and O–H groups in total. The number of carbonyl (C=O) groups excluding carboxylic acids is 2. The summed E-state index contributed by atoms with van der Waals surface area (Å²) in [6, 6.07) is 8.85. The van der Waals surface area contributed by atoms with E-state index in [-0.39, 0.29) is 29.9 Å². The van der Waals surface area contributed by atoms with Crippen molar-refractivity contribution in [1.82, 2.24) is 15.3 Å². The van der Waals surface area contributed by atoms with Crippen LogP contribution < -0.4 is 31.5 Å². The van der Waals surface area contributed by atoms with Gasteiger partial charge >= 0.3 is 6.09 Å². The summed E-state index contributed by atoms with van der Waals surface area (Å²) >= 11 is 0. The van der Waals surface area contributed by atoms with Crippen LogP contribution in [0.25, 0.3) is 10.9 Å². The molecule has 4 heterocycles. The van der Waals surface area contributed by atoms with Crippen molar-refractivity contribution >= 4 is 51.6 Å². The van der Waals surface area contributed by atoms with Gasteiger partial charge in [0.25, 0.3) is 5.91 Å². The van der Waals surface area contributed by atoms with Crippen LogP contribution in [0.4, 0.5) is 27.5 Å². The fraction of sp³-hybridized carbons (Fsp3) is 0.346. The number of nitrogens with two attached hydrogens (primary N) is 1. The fourth-order valence-electron chi connectivity index (χ4n) is 5.13. The molecule has 12 nitrogen and oxygen atoms in total. The highest BCUT2D eigenvalue weighted by atomic mass is 16.4. The molecule has 0 unspecified atom stereocenters. The number of nitrogens with one attached hydrogen (secondary N) is 3. The number of hydrogen-bond acceptors (Lipinski definition) is 8. The van der Waals surface area contributed by atoms with Gasteiger partial charge in [0, 0.05) is 49.5 Å². The lowest BCUT2D eigenvalue weighted by Crippen LogP contribution is -2.47. The first kappa shape index (κ1) is 25.2. The Bertz CT molecular complexity index is 1390. The maximum absolute atomic E-state index is 13.5. The number of hydrogen-bond donors (Lipinski definition) is 5. The molecular formula is C26H30N8O4. The zero-order valence-corrected chi connectivity index (χ0v) is 21.0. The summed E-state index contributed by atoms with van der Waals surface area (Å²) in [7, 11) is 0. The molecule has 2 fully saturated rings. The second-order valence-electron chi connectivity index (χ2n) is 9.82. The molecule has 3 amide bonds. The van der Waals surface area contributed by atoms with Gasteiger partial charge in [-0.3, -0.25) is 19.9 Å². The summed E-state index contributed by atoms with van der Waals surface area (Å²) < 4.78 is 0. The van der Waals surface area contributed by atoms with E-state index < -0.39 is 12.0 Å². The maximum atomic E-state index is 13.5. The van der Waals surface area contributed by atoms with Crippen LogP contribution in [-0.2, 0) is 4.79 Å². The second-order valence-corrected chi connectivity index (χ2v) is 9.82. The molecule has 0 spiro atoms. The van der Waals surface area contributed by atoms with Crippen LogP contribution in [0.3, 0.4) is 0 Å². The minimum Gasteiger partial charge on any atom is -0.465 e. The largest absolute Gasteiger partial charge is 0.465 e. The number of amides is 3. The van der Waals surface area contributed by atoms with Crippen LogP contribution in [0.1, 0.15) is 23.8 Å². The SMILES string of the molecule is C[C@@H]1C[C@H](N)CN(c2ccncc2NC(=O)c2nc3cc(N4CCNC(=O)C4)ccc3cc2NC(=O)O)C1. The lowest BCUT2D eigenvalue weighted by Gasteiger charge is -2.37. The molecule has 2 aliphatic heterocycles. The third kappa shape index (κ3) is 5.44. The average molecular weight is 519 g/mol. The second kappa shape index (κ2) is 10.5. The number of rotatable bonds is 5. The lowest BCUT2D eigenvalue weighted by molar-refractivity contribution is -0.120. The Hall–Kier alpha value is -4.45. The highest BCUT2D eigenvalue weighted by Gasteiger charge is 2.26. The van der Waals surface area contributed by atoms with Gasteiger partial charge in [-0.05, 0) is 36.6 Å². The van der Waals surface area contributed by atoms with Crippen molar-refractivity contribution in [3.63, 3.8) is 0 Å². The highest BCUT2D eigenvalue weighted by Crippen LogP contribution is 2.31. The molecule has 38 heavy (non-hydrogen) atoms. The smallest absolute Gasteiger partial charge is 0.409 e. The van der Waals surface area contributed by atoms with E-state index in [9.17, 15) is 19.5 Å². The minimum absolute atomic E-state index is 0.0177. The van der Waals surface area contributed by atoms with E-state index >= 15 is 0 Å². The molecule has 0 radical (unpaired) electrons. The van der Waals surface area contributed by atoms with E-state index in [4.69, 9.17) is 5.73 Å². The van der Waals surface area contributed by atoms with Gasteiger partial charge in [-0.2, -0.15) is 0 Å². The van der Waals surface area contributed by atoms with Gasteiger partial charge in [0.1, 0.15) is 0 Å². The first-order valence-electron chi connectivity index (χ1n) is 12.5. The van der Waals surface area contributed by atoms with Gasteiger partial charge in [-0.25, -0.2) is 9.78 Å². The highest BCUT2D eigenvalue weighted by molar-refractivity contribution is 6.11. The van der Waals surface area contributed by atoms with Crippen molar-refractivity contribution in [3.8, 4) is 0 Å². The van der Waals surface area contributed by atoms with E-state index in [1.807, 2.05) is 17.0 Å². The fourth-order valence-corrected chi connectivity index (χ4v) is 5.13. The molecule has 2 saturated heterocycles. The van der Waals surface area contributed by atoms with E-state index in [1.54, 1.807) is 30.6 Å². The molecule has 5 rings (SSSR count). The van der Waals surface area contributed by atoms with Crippen LogP contribution in [0.15, 0.2) is 42.7 Å². The number of aromatic nitrogens is 2. The van der Waals surface area contributed by atoms with Crippen molar-refractivity contribution in [2.24, 2.45) is 11.7 Å². The zero-order valence-electron chi connectivity index (χ0n) is 21.0. The number of carbonyl (C=O) groups is 3. The molecule has 2 atom stereocenters. The molecule has 198 valence electrons. The quantitative estimate of drug-likeness (QED) is 0.340. The maximum Gasteiger partial charge on any atom is 0.409 e. The van der Waals surface area contributed by atoms with E-state index in [1.165, 1.54) is 0 Å². The summed E-state index contributed by atoms with van der Waals surface area (Å²) in [6.07, 6.45) is 2.83. The summed E-state index contributed by atoms with van der Waals surface area (Å²) in [5, 5.41) is 18.0. The summed E-state index contributed by atoms with van der Waals surface area (Å²) in [4.78, 5) is 49.6. The molecule has 0 saturated carbocycles. The number of piperazine rings is 1. The Balaban J connectivity index is 1.48. The monoisotopic (exact) mass is 518 g/mol. The van der Waals surface area contributed by atoms with E-state index in [0.29, 0.717) is 42.1 Å². The third-order valence-electron chi connectivity index (χ3n) is 6.74. The molecule has 3 aromatic rings. The molecule has 0 aliphatic carbocycles. The predicted molar refractivity (Wildman–Crippen MR) is 145 cm³/mol. The number of fused-ring (bicyclic) bond motifs is 1. The number of benzene rings is 1. The molecular weight excluding hydrogens is 488 g/mol. The standard InChI is InChI=1S/C26H30N8O4/c1-15-8-17(27)13-34(12-15)22-4-5-28-11-21(22)31-25(36)24-20(32-26(37)38)9-16-2-3-18(10-19(16)30-24)33-7-6-29-23(35)14-33/h2-5,9-11,15,17,32H,6-8,12-14,27H2,1H3,(H,29,35)(H,31,36)(H,37,38)/t15-,17+/m1/s1. The summed E-state index contributed by atoms with van der Waals surface area (Å²) in [5.74, 6) is -0.257. The summed E-state index contributed by atoms with van der Waals surface area (Å²) in [6.45, 7) is 4.98. The summed E-state index contributed by atoms with van der Waals surface area (Å²) in [5.41, 5.74) is 8.78. The Morgan fingerprint density at radius 2 is 1.97 bits per heavy atom. The number of carboxylic acid groups (broad SMARTS) is 1. The molecule has 2 aliphatic rings. The van der Waals surface area contributed by atoms with Gasteiger partial charge in [0.2, 0.25) is 5.91 Å². The van der Waals surface area contributed by atoms with Crippen LogP contribution in [0.2, 0.25) is 0 Å². The van der Waals surface area contributed by atoms with Crippen molar-refractivity contribution < 1.29 is 19.5 Å². The van der Waals surface area contributed by atoms with Gasteiger partial charge in [-0.1, -0.05) is 13.0 Å². The average Bonchev–Trinajstić information content (AvgIpc) is 2.87. The Morgan fingerprint density at radius 1 is 1.13 bits per heavy atom. The number of pyridine rings is 2. The van der Waals surface area contributed by atoms with Crippen molar-refractivity contribution in [1.29, 1.82) is 0 Å². The van der Waals surface area contributed by atoms with Crippen LogP contribution >= 0.6 is 0 Å². The number of nitrogens with zero attached hydrogens (tertiary/aromatic N) is 4. The van der Waals surface area contributed by atoms with Crippen molar-refractivity contribution in [2.45, 2.75) is 19.4 Å². The van der Waals surface area contributed by atoms with Crippen LogP contribution in [-0.4, -0.2) is 71.7 Å².